The number of piperidine rings is 1. The second-order valence-electron chi connectivity index (χ2n) is 5.15. The summed E-state index contributed by atoms with van der Waals surface area (Å²) in [6.07, 6.45) is 4.42. The first kappa shape index (κ1) is 12.4. The molecule has 2 aromatic rings. The number of hydrogen-bond acceptors (Lipinski definition) is 4. The number of carboxylic acids is 1. The van der Waals surface area contributed by atoms with Gasteiger partial charge < -0.3 is 10.0 Å². The van der Waals surface area contributed by atoms with Gasteiger partial charge in [-0.1, -0.05) is 0 Å². The zero-order valence-corrected chi connectivity index (χ0v) is 11.6. The number of pyridine rings is 1. The molecule has 3 rings (SSSR count). The second-order valence-corrected chi connectivity index (χ2v) is 6.10. The Kier molecular flexibility index (Phi) is 2.93. The number of fused-ring (bicyclic) bond motifs is 1. The Labute approximate surface area is 115 Å². The third kappa shape index (κ3) is 1.89. The molecule has 19 heavy (non-hydrogen) atoms. The molecular formula is C14H16N2O2S. The lowest BCUT2D eigenvalue weighted by atomic mass is 9.88. The molecule has 0 bridgehead atoms. The maximum atomic E-state index is 11.7. The summed E-state index contributed by atoms with van der Waals surface area (Å²) < 4.78 is 1.16. The molecule has 0 amide bonds. The van der Waals surface area contributed by atoms with Gasteiger partial charge >= 0.3 is 5.97 Å². The van der Waals surface area contributed by atoms with Crippen molar-refractivity contribution in [2.24, 2.45) is 0 Å². The Morgan fingerprint density at radius 3 is 3.11 bits per heavy atom. The monoisotopic (exact) mass is 276 g/mol. The fourth-order valence-electron chi connectivity index (χ4n) is 2.78. The van der Waals surface area contributed by atoms with Crippen molar-refractivity contribution in [1.29, 1.82) is 0 Å². The molecule has 0 saturated carbocycles. The van der Waals surface area contributed by atoms with E-state index in [1.807, 2.05) is 22.4 Å². The van der Waals surface area contributed by atoms with Crippen LogP contribution in [0.25, 0.3) is 10.1 Å². The standard InChI is InChI=1S/C14H16N2O2S/c1-14(13(17)18)6-2-3-8-16(14)12-10-5-9-19-11(10)4-7-15-12/h4-5,7,9H,2-3,6,8H2,1H3,(H,17,18). The van der Waals surface area contributed by atoms with Gasteiger partial charge in [0.05, 0.1) is 0 Å². The Morgan fingerprint density at radius 2 is 2.32 bits per heavy atom. The Hall–Kier alpha value is -1.62. The summed E-state index contributed by atoms with van der Waals surface area (Å²) in [5.41, 5.74) is -0.846. The molecule has 1 fully saturated rings. The van der Waals surface area contributed by atoms with E-state index in [2.05, 4.69) is 4.98 Å². The zero-order chi connectivity index (χ0) is 13.5. The van der Waals surface area contributed by atoms with Crippen LogP contribution in [0, 0.1) is 0 Å². The molecule has 4 nitrogen and oxygen atoms in total. The highest BCUT2D eigenvalue weighted by Crippen LogP contribution is 2.36. The van der Waals surface area contributed by atoms with Crippen LogP contribution in [0.4, 0.5) is 5.82 Å². The van der Waals surface area contributed by atoms with Crippen molar-refractivity contribution in [2.75, 3.05) is 11.4 Å². The number of nitrogens with zero attached hydrogens (tertiary/aromatic N) is 2. The topological polar surface area (TPSA) is 53.4 Å². The summed E-state index contributed by atoms with van der Waals surface area (Å²) in [5, 5.41) is 12.7. The van der Waals surface area contributed by atoms with Crippen LogP contribution in [0.3, 0.4) is 0 Å². The van der Waals surface area contributed by atoms with E-state index in [4.69, 9.17) is 0 Å². The molecule has 1 atom stereocenters. The van der Waals surface area contributed by atoms with Crippen molar-refractivity contribution in [1.82, 2.24) is 4.98 Å². The quantitative estimate of drug-likeness (QED) is 0.915. The minimum absolute atomic E-state index is 0.671. The SMILES string of the molecule is CC1(C(=O)O)CCCCN1c1nccc2sccc12. The first-order valence-electron chi connectivity index (χ1n) is 6.46. The summed E-state index contributed by atoms with van der Waals surface area (Å²) in [6.45, 7) is 2.56. The Bertz CT molecular complexity index is 625. The molecule has 1 aliphatic heterocycles. The van der Waals surface area contributed by atoms with Gasteiger partial charge in [0.25, 0.3) is 0 Å². The first-order chi connectivity index (χ1) is 9.13. The van der Waals surface area contributed by atoms with Crippen LogP contribution >= 0.6 is 11.3 Å². The molecule has 3 heterocycles. The third-order valence-electron chi connectivity index (χ3n) is 3.97. The van der Waals surface area contributed by atoms with Crippen molar-refractivity contribution in [2.45, 2.75) is 31.7 Å². The largest absolute Gasteiger partial charge is 0.480 e. The molecule has 5 heteroatoms. The first-order valence-corrected chi connectivity index (χ1v) is 7.34. The van der Waals surface area contributed by atoms with Crippen molar-refractivity contribution in [3.8, 4) is 0 Å². The molecule has 0 spiro atoms. The lowest BCUT2D eigenvalue weighted by Gasteiger charge is -2.42. The smallest absolute Gasteiger partial charge is 0.329 e. The molecule has 1 saturated heterocycles. The minimum atomic E-state index is -0.846. The maximum absolute atomic E-state index is 11.7. The van der Waals surface area contributed by atoms with Gasteiger partial charge in [-0.25, -0.2) is 9.78 Å². The lowest BCUT2D eigenvalue weighted by molar-refractivity contribution is -0.143. The molecule has 1 N–H and O–H groups in total. The van der Waals surface area contributed by atoms with Crippen molar-refractivity contribution in [3.63, 3.8) is 0 Å². The number of anilines is 1. The summed E-state index contributed by atoms with van der Waals surface area (Å²) in [5.74, 6) is 0.0459. The van der Waals surface area contributed by atoms with Crippen LogP contribution in [-0.4, -0.2) is 28.1 Å². The van der Waals surface area contributed by atoms with Crippen molar-refractivity contribution in [3.05, 3.63) is 23.7 Å². The van der Waals surface area contributed by atoms with Gasteiger partial charge in [0.15, 0.2) is 0 Å². The number of hydrogen-bond donors (Lipinski definition) is 1. The highest BCUT2D eigenvalue weighted by Gasteiger charge is 2.42. The number of aromatic nitrogens is 1. The number of aliphatic carboxylic acids is 1. The zero-order valence-electron chi connectivity index (χ0n) is 10.8. The molecule has 1 aliphatic rings. The van der Waals surface area contributed by atoms with Crippen LogP contribution < -0.4 is 4.90 Å². The van der Waals surface area contributed by atoms with Crippen LogP contribution in [0.2, 0.25) is 0 Å². The maximum Gasteiger partial charge on any atom is 0.329 e. The van der Waals surface area contributed by atoms with E-state index in [9.17, 15) is 9.90 Å². The summed E-state index contributed by atoms with van der Waals surface area (Å²) in [6, 6.07) is 4.00. The highest BCUT2D eigenvalue weighted by molar-refractivity contribution is 7.17. The number of carbonyl (C=O) groups is 1. The molecule has 2 aromatic heterocycles. The average Bonchev–Trinajstić information content (AvgIpc) is 2.87. The van der Waals surface area contributed by atoms with E-state index < -0.39 is 11.5 Å². The normalized spacial score (nSPS) is 23.7. The second kappa shape index (κ2) is 4.49. The summed E-state index contributed by atoms with van der Waals surface area (Å²) >= 11 is 1.66. The number of carboxylic acid groups (broad SMARTS) is 1. The Balaban J connectivity index is 2.13. The van der Waals surface area contributed by atoms with Gasteiger partial charge in [0.2, 0.25) is 0 Å². The van der Waals surface area contributed by atoms with E-state index in [-0.39, 0.29) is 0 Å². The van der Waals surface area contributed by atoms with Crippen molar-refractivity contribution >= 4 is 33.2 Å². The molecule has 0 radical (unpaired) electrons. The van der Waals surface area contributed by atoms with E-state index >= 15 is 0 Å². The molecule has 100 valence electrons. The lowest BCUT2D eigenvalue weighted by Crippen LogP contribution is -2.55. The average molecular weight is 276 g/mol. The van der Waals surface area contributed by atoms with Crippen LogP contribution in [-0.2, 0) is 4.79 Å². The number of rotatable bonds is 2. The van der Waals surface area contributed by atoms with Gasteiger partial charge in [-0.05, 0) is 43.7 Å². The predicted molar refractivity (Wildman–Crippen MR) is 76.9 cm³/mol. The number of thiophene rings is 1. The van der Waals surface area contributed by atoms with Gasteiger partial charge in [0.1, 0.15) is 11.4 Å². The van der Waals surface area contributed by atoms with Crippen LogP contribution in [0.15, 0.2) is 23.7 Å². The Morgan fingerprint density at radius 1 is 1.47 bits per heavy atom. The fourth-order valence-corrected chi connectivity index (χ4v) is 3.55. The fraction of sp³-hybridized carbons (Fsp3) is 0.429. The molecular weight excluding hydrogens is 260 g/mol. The van der Waals surface area contributed by atoms with Crippen LogP contribution in [0.5, 0.6) is 0 Å². The van der Waals surface area contributed by atoms with Crippen molar-refractivity contribution < 1.29 is 9.90 Å². The third-order valence-corrected chi connectivity index (χ3v) is 4.85. The summed E-state index contributed by atoms with van der Waals surface area (Å²) in [7, 11) is 0. The van der Waals surface area contributed by atoms with Gasteiger partial charge in [-0.3, -0.25) is 0 Å². The highest BCUT2D eigenvalue weighted by atomic mass is 32.1. The molecule has 0 aromatic carbocycles. The van der Waals surface area contributed by atoms with Crippen LogP contribution in [0.1, 0.15) is 26.2 Å². The van der Waals surface area contributed by atoms with Gasteiger partial charge in [-0.15, -0.1) is 11.3 Å². The van der Waals surface area contributed by atoms with E-state index in [0.717, 1.165) is 35.3 Å². The summed E-state index contributed by atoms with van der Waals surface area (Å²) in [4.78, 5) is 18.1. The molecule has 0 aliphatic carbocycles. The van der Waals surface area contributed by atoms with E-state index in [1.165, 1.54) is 0 Å². The van der Waals surface area contributed by atoms with E-state index in [1.54, 1.807) is 24.5 Å². The molecule has 1 unspecified atom stereocenters. The van der Waals surface area contributed by atoms with E-state index in [0.29, 0.717) is 6.42 Å². The van der Waals surface area contributed by atoms with Gasteiger partial charge in [-0.2, -0.15) is 0 Å². The predicted octanol–water partition coefficient (Wildman–Crippen LogP) is 3.13. The minimum Gasteiger partial charge on any atom is -0.480 e. The van der Waals surface area contributed by atoms with Gasteiger partial charge in [0, 0.05) is 22.8 Å².